The first-order chi connectivity index (χ1) is 13.0. The van der Waals surface area contributed by atoms with Gasteiger partial charge in [0.2, 0.25) is 0 Å². The van der Waals surface area contributed by atoms with Gasteiger partial charge in [0.15, 0.2) is 11.6 Å². The number of aryl methyl sites for hydroxylation is 1. The van der Waals surface area contributed by atoms with Crippen LogP contribution in [0.1, 0.15) is 30.1 Å². The van der Waals surface area contributed by atoms with E-state index in [0.29, 0.717) is 23.9 Å². The van der Waals surface area contributed by atoms with Gasteiger partial charge >= 0.3 is 0 Å². The lowest BCUT2D eigenvalue weighted by molar-refractivity contribution is 0.116. The average molecular weight is 371 g/mol. The standard InChI is InChI=1S/C22H26FNO3/c1-14-2-5-18(6-3-14)27-19-8-16-11-24(12-17(16)9-19)13-22(26)15-4-7-21(25)20(23)10-15/h2-7,10,16-17,19,22,25-26H,8-9,11-13H2,1H3/t16-,17+,19+,22?. The molecular formula is C22H26FNO3. The first-order valence-corrected chi connectivity index (χ1v) is 9.60. The number of aromatic hydroxyl groups is 1. The molecule has 27 heavy (non-hydrogen) atoms. The van der Waals surface area contributed by atoms with Crippen LogP contribution in [0.3, 0.4) is 0 Å². The Morgan fingerprint density at radius 3 is 2.41 bits per heavy atom. The molecule has 2 aromatic carbocycles. The summed E-state index contributed by atoms with van der Waals surface area (Å²) in [5, 5.41) is 19.7. The van der Waals surface area contributed by atoms with Gasteiger partial charge in [0.05, 0.1) is 12.2 Å². The normalized spacial score (nSPS) is 26.1. The smallest absolute Gasteiger partial charge is 0.165 e. The Kier molecular flexibility index (Phi) is 5.06. The zero-order valence-electron chi connectivity index (χ0n) is 15.5. The lowest BCUT2D eigenvalue weighted by Gasteiger charge is -2.22. The second kappa shape index (κ2) is 7.49. The van der Waals surface area contributed by atoms with Crippen LogP contribution < -0.4 is 4.74 Å². The number of rotatable bonds is 5. The van der Waals surface area contributed by atoms with E-state index in [0.717, 1.165) is 31.7 Å². The summed E-state index contributed by atoms with van der Waals surface area (Å²) in [4.78, 5) is 2.26. The van der Waals surface area contributed by atoms with Crippen molar-refractivity contribution in [3.63, 3.8) is 0 Å². The Labute approximate surface area is 159 Å². The van der Waals surface area contributed by atoms with Crippen LogP contribution in [0.2, 0.25) is 0 Å². The minimum absolute atomic E-state index is 0.265. The largest absolute Gasteiger partial charge is 0.505 e. The number of benzene rings is 2. The van der Waals surface area contributed by atoms with Crippen LogP contribution in [0.4, 0.5) is 4.39 Å². The van der Waals surface area contributed by atoms with Crippen LogP contribution in [-0.2, 0) is 0 Å². The van der Waals surface area contributed by atoms with Gasteiger partial charge in [-0.15, -0.1) is 0 Å². The number of halogens is 1. The van der Waals surface area contributed by atoms with E-state index in [2.05, 4.69) is 24.0 Å². The first kappa shape index (κ1) is 18.3. The number of β-amino-alcohol motifs (C(OH)–C–C–N with tert-alkyl or cyclic N) is 1. The summed E-state index contributed by atoms with van der Waals surface area (Å²) >= 11 is 0. The molecule has 1 aliphatic heterocycles. The van der Waals surface area contributed by atoms with Gasteiger partial charge in [0.25, 0.3) is 0 Å². The molecule has 0 aromatic heterocycles. The summed E-state index contributed by atoms with van der Waals surface area (Å²) in [6, 6.07) is 12.3. The summed E-state index contributed by atoms with van der Waals surface area (Å²) in [6.45, 7) is 4.44. The molecule has 1 unspecified atom stereocenters. The minimum Gasteiger partial charge on any atom is -0.505 e. The number of fused-ring (bicyclic) bond motifs is 1. The molecule has 2 aliphatic rings. The molecule has 4 rings (SSSR count). The number of aliphatic hydroxyl groups excluding tert-OH is 1. The SMILES string of the molecule is Cc1ccc(O[C@H]2C[C@@H]3CN(CC(O)c4ccc(O)c(F)c4)C[C@@H]3C2)cc1. The maximum atomic E-state index is 13.5. The van der Waals surface area contributed by atoms with Crippen LogP contribution in [0.5, 0.6) is 11.5 Å². The van der Waals surface area contributed by atoms with Gasteiger partial charge in [-0.1, -0.05) is 23.8 Å². The molecule has 1 aliphatic carbocycles. The van der Waals surface area contributed by atoms with E-state index in [4.69, 9.17) is 4.74 Å². The molecule has 0 spiro atoms. The molecule has 1 saturated carbocycles. The molecule has 144 valence electrons. The van der Waals surface area contributed by atoms with E-state index in [1.54, 1.807) is 6.07 Å². The van der Waals surface area contributed by atoms with Gasteiger partial charge in [-0.25, -0.2) is 4.39 Å². The van der Waals surface area contributed by atoms with Gasteiger partial charge in [-0.05, 0) is 61.4 Å². The number of hydrogen-bond donors (Lipinski definition) is 2. The highest BCUT2D eigenvalue weighted by atomic mass is 19.1. The van der Waals surface area contributed by atoms with Crippen LogP contribution in [0, 0.1) is 24.6 Å². The predicted octanol–water partition coefficient (Wildman–Crippen LogP) is 3.66. The third-order valence-electron chi connectivity index (χ3n) is 5.89. The van der Waals surface area contributed by atoms with E-state index >= 15 is 0 Å². The number of aliphatic hydroxyl groups is 1. The molecule has 0 radical (unpaired) electrons. The molecule has 1 saturated heterocycles. The van der Waals surface area contributed by atoms with E-state index in [1.165, 1.54) is 17.7 Å². The van der Waals surface area contributed by atoms with Crippen molar-refractivity contribution < 1.29 is 19.3 Å². The Balaban J connectivity index is 1.29. The van der Waals surface area contributed by atoms with E-state index in [-0.39, 0.29) is 11.9 Å². The Morgan fingerprint density at radius 1 is 1.11 bits per heavy atom. The third-order valence-corrected chi connectivity index (χ3v) is 5.89. The molecular weight excluding hydrogens is 345 g/mol. The number of ether oxygens (including phenoxy) is 1. The maximum Gasteiger partial charge on any atom is 0.165 e. The van der Waals surface area contributed by atoms with E-state index in [9.17, 15) is 14.6 Å². The molecule has 5 heteroatoms. The van der Waals surface area contributed by atoms with Gasteiger partial charge < -0.3 is 14.9 Å². The molecule has 1 heterocycles. The monoisotopic (exact) mass is 371 g/mol. The quantitative estimate of drug-likeness (QED) is 0.842. The molecule has 4 atom stereocenters. The van der Waals surface area contributed by atoms with Gasteiger partial charge in [-0.2, -0.15) is 0 Å². The third kappa shape index (κ3) is 4.09. The van der Waals surface area contributed by atoms with Crippen LogP contribution in [0.25, 0.3) is 0 Å². The molecule has 0 amide bonds. The van der Waals surface area contributed by atoms with Gasteiger partial charge in [-0.3, -0.25) is 4.90 Å². The van der Waals surface area contributed by atoms with Crippen LogP contribution >= 0.6 is 0 Å². The second-order valence-electron chi connectivity index (χ2n) is 7.99. The lowest BCUT2D eigenvalue weighted by Crippen LogP contribution is -2.29. The fourth-order valence-electron chi connectivity index (χ4n) is 4.48. The average Bonchev–Trinajstić information content (AvgIpc) is 3.17. The molecule has 0 bridgehead atoms. The van der Waals surface area contributed by atoms with E-state index in [1.807, 2.05) is 12.1 Å². The zero-order chi connectivity index (χ0) is 19.0. The highest BCUT2D eigenvalue weighted by molar-refractivity contribution is 5.29. The maximum absolute atomic E-state index is 13.5. The van der Waals surface area contributed by atoms with Crippen molar-refractivity contribution >= 4 is 0 Å². The number of hydrogen-bond acceptors (Lipinski definition) is 4. The molecule has 2 N–H and O–H groups in total. The van der Waals surface area contributed by atoms with Gasteiger partial charge in [0, 0.05) is 19.6 Å². The summed E-state index contributed by atoms with van der Waals surface area (Å²) in [5.41, 5.74) is 1.73. The number of phenols is 1. The molecule has 2 fully saturated rings. The van der Waals surface area contributed by atoms with Crippen molar-refractivity contribution in [3.8, 4) is 11.5 Å². The van der Waals surface area contributed by atoms with Crippen molar-refractivity contribution in [1.29, 1.82) is 0 Å². The zero-order valence-corrected chi connectivity index (χ0v) is 15.5. The molecule has 4 nitrogen and oxygen atoms in total. The Bertz CT molecular complexity index is 781. The summed E-state index contributed by atoms with van der Waals surface area (Å²) in [5.74, 6) is 1.03. The Morgan fingerprint density at radius 2 is 1.78 bits per heavy atom. The number of likely N-dealkylation sites (tertiary alicyclic amines) is 1. The van der Waals surface area contributed by atoms with Crippen molar-refractivity contribution in [1.82, 2.24) is 4.90 Å². The predicted molar refractivity (Wildman–Crippen MR) is 101 cm³/mol. The number of phenolic OH excluding ortho intramolecular Hbond substituents is 1. The molecule has 2 aromatic rings. The van der Waals surface area contributed by atoms with Crippen LogP contribution in [0.15, 0.2) is 42.5 Å². The highest BCUT2D eigenvalue weighted by Crippen LogP contribution is 2.40. The lowest BCUT2D eigenvalue weighted by atomic mass is 10.0. The van der Waals surface area contributed by atoms with Gasteiger partial charge in [0.1, 0.15) is 5.75 Å². The van der Waals surface area contributed by atoms with E-state index < -0.39 is 11.9 Å². The fourth-order valence-corrected chi connectivity index (χ4v) is 4.48. The van der Waals surface area contributed by atoms with Crippen molar-refractivity contribution in [2.75, 3.05) is 19.6 Å². The van der Waals surface area contributed by atoms with Crippen molar-refractivity contribution in [3.05, 3.63) is 59.4 Å². The minimum atomic E-state index is -0.751. The fraction of sp³-hybridized carbons (Fsp3) is 0.455. The second-order valence-corrected chi connectivity index (χ2v) is 7.99. The highest BCUT2D eigenvalue weighted by Gasteiger charge is 2.42. The Hall–Kier alpha value is -2.11. The summed E-state index contributed by atoms with van der Waals surface area (Å²) in [7, 11) is 0. The summed E-state index contributed by atoms with van der Waals surface area (Å²) in [6.07, 6.45) is 1.59. The number of nitrogens with zero attached hydrogens (tertiary/aromatic N) is 1. The van der Waals surface area contributed by atoms with Crippen molar-refractivity contribution in [2.24, 2.45) is 11.8 Å². The van der Waals surface area contributed by atoms with Crippen LogP contribution in [-0.4, -0.2) is 40.9 Å². The topological polar surface area (TPSA) is 52.9 Å². The summed E-state index contributed by atoms with van der Waals surface area (Å²) < 4.78 is 19.6. The first-order valence-electron chi connectivity index (χ1n) is 9.60. The van der Waals surface area contributed by atoms with Crippen molar-refractivity contribution in [2.45, 2.75) is 32.0 Å².